The third-order valence-corrected chi connectivity index (χ3v) is 6.18. The number of ether oxygens (including phenoxy) is 2. The number of hydrogen-bond donors (Lipinski definition) is 1. The van der Waals surface area contributed by atoms with Crippen LogP contribution in [0.5, 0.6) is 5.75 Å². The number of thiophene rings is 1. The van der Waals surface area contributed by atoms with Gasteiger partial charge in [0.05, 0.1) is 13.2 Å². The van der Waals surface area contributed by atoms with E-state index in [0.717, 1.165) is 38.1 Å². The molecular weight excluding hydrogens is 456 g/mol. The fraction of sp³-hybridized carbons (Fsp3) is 0.241. The summed E-state index contributed by atoms with van der Waals surface area (Å²) in [6.07, 6.45) is 3.73. The molecular formula is C29H28N2O3S. The predicted octanol–water partition coefficient (Wildman–Crippen LogP) is 6.46. The second-order valence-electron chi connectivity index (χ2n) is 9.16. The number of nitrogens with zero attached hydrogens (tertiary/aromatic N) is 1. The molecule has 0 spiro atoms. The molecule has 1 amide bonds. The summed E-state index contributed by atoms with van der Waals surface area (Å²) in [6, 6.07) is 17.8. The van der Waals surface area contributed by atoms with E-state index in [-0.39, 0.29) is 0 Å². The summed E-state index contributed by atoms with van der Waals surface area (Å²) < 4.78 is 10.7. The van der Waals surface area contributed by atoms with Gasteiger partial charge < -0.3 is 14.8 Å². The summed E-state index contributed by atoms with van der Waals surface area (Å²) in [5.41, 5.74) is 2.51. The number of methoxy groups -OCH3 is 1. The number of hydrogen-bond acceptors (Lipinski definition) is 5. The first-order chi connectivity index (χ1) is 16.8. The van der Waals surface area contributed by atoms with Crippen LogP contribution >= 0.6 is 11.3 Å². The molecule has 6 heteroatoms. The van der Waals surface area contributed by atoms with Crippen molar-refractivity contribution in [2.45, 2.75) is 38.8 Å². The van der Waals surface area contributed by atoms with E-state index in [1.165, 1.54) is 0 Å². The van der Waals surface area contributed by atoms with E-state index >= 15 is 0 Å². The van der Waals surface area contributed by atoms with Gasteiger partial charge >= 0.3 is 6.09 Å². The van der Waals surface area contributed by atoms with Crippen LogP contribution in [0.15, 0.2) is 72.4 Å². The quantitative estimate of drug-likeness (QED) is 0.330. The molecule has 2 aromatic carbocycles. The predicted molar refractivity (Wildman–Crippen MR) is 142 cm³/mol. The van der Waals surface area contributed by atoms with Crippen molar-refractivity contribution in [2.24, 2.45) is 0 Å². The highest BCUT2D eigenvalue weighted by atomic mass is 32.1. The van der Waals surface area contributed by atoms with Crippen LogP contribution in [-0.2, 0) is 11.2 Å². The number of benzene rings is 2. The lowest BCUT2D eigenvalue weighted by atomic mass is 10.1. The zero-order valence-electron chi connectivity index (χ0n) is 20.3. The third kappa shape index (κ3) is 6.84. The van der Waals surface area contributed by atoms with Crippen LogP contribution in [0.3, 0.4) is 0 Å². The minimum Gasteiger partial charge on any atom is -0.497 e. The SMILES string of the molecule is COc1ccc(C[C@@H](C#Cc2csc(-c3ccc4cnccc4c3)c2)NC(=O)OC(C)(C)C)cc1. The molecule has 178 valence electrons. The fourth-order valence-corrected chi connectivity index (χ4v) is 4.38. The molecule has 0 aliphatic rings. The van der Waals surface area contributed by atoms with E-state index in [1.807, 2.05) is 62.7 Å². The van der Waals surface area contributed by atoms with Gasteiger partial charge in [0.25, 0.3) is 0 Å². The van der Waals surface area contributed by atoms with Crippen molar-refractivity contribution in [3.05, 3.63) is 83.5 Å². The summed E-state index contributed by atoms with van der Waals surface area (Å²) in [7, 11) is 1.64. The van der Waals surface area contributed by atoms with Gasteiger partial charge in [-0.15, -0.1) is 11.3 Å². The lowest BCUT2D eigenvalue weighted by Crippen LogP contribution is -2.39. The molecule has 0 fully saturated rings. The first-order valence-electron chi connectivity index (χ1n) is 11.4. The van der Waals surface area contributed by atoms with Crippen LogP contribution < -0.4 is 10.1 Å². The zero-order valence-corrected chi connectivity index (χ0v) is 21.1. The van der Waals surface area contributed by atoms with Gasteiger partial charge in [0.2, 0.25) is 0 Å². The molecule has 0 aliphatic carbocycles. The average molecular weight is 485 g/mol. The normalized spacial score (nSPS) is 11.9. The van der Waals surface area contributed by atoms with Gasteiger partial charge in [-0.1, -0.05) is 36.1 Å². The van der Waals surface area contributed by atoms with Crippen molar-refractivity contribution in [3.63, 3.8) is 0 Å². The minimum atomic E-state index is -0.583. The summed E-state index contributed by atoms with van der Waals surface area (Å²) in [5.74, 6) is 7.25. The molecule has 0 aliphatic heterocycles. The van der Waals surface area contributed by atoms with Gasteiger partial charge in [-0.2, -0.15) is 0 Å². The van der Waals surface area contributed by atoms with Crippen LogP contribution in [0.25, 0.3) is 21.2 Å². The highest BCUT2D eigenvalue weighted by molar-refractivity contribution is 7.13. The number of carbonyl (C=O) groups is 1. The Bertz CT molecular complexity index is 1370. The second-order valence-corrected chi connectivity index (χ2v) is 10.1. The van der Waals surface area contributed by atoms with Crippen LogP contribution in [0.2, 0.25) is 0 Å². The molecule has 35 heavy (non-hydrogen) atoms. The number of aromatic nitrogens is 1. The lowest BCUT2D eigenvalue weighted by molar-refractivity contribution is 0.0516. The molecule has 1 N–H and O–H groups in total. The highest BCUT2D eigenvalue weighted by Crippen LogP contribution is 2.29. The first-order valence-corrected chi connectivity index (χ1v) is 12.2. The molecule has 4 aromatic rings. The summed E-state index contributed by atoms with van der Waals surface area (Å²) in [6.45, 7) is 5.52. The van der Waals surface area contributed by atoms with Crippen molar-refractivity contribution in [3.8, 4) is 28.0 Å². The van der Waals surface area contributed by atoms with Crippen molar-refractivity contribution < 1.29 is 14.3 Å². The molecule has 0 saturated heterocycles. The number of rotatable bonds is 5. The van der Waals surface area contributed by atoms with Gasteiger partial charge in [-0.25, -0.2) is 4.79 Å². The number of fused-ring (bicyclic) bond motifs is 1. The summed E-state index contributed by atoms with van der Waals surface area (Å²) in [4.78, 5) is 17.8. The largest absolute Gasteiger partial charge is 0.497 e. The monoisotopic (exact) mass is 484 g/mol. The van der Waals surface area contributed by atoms with Gasteiger partial charge in [-0.3, -0.25) is 4.98 Å². The van der Waals surface area contributed by atoms with Gasteiger partial charge in [0.1, 0.15) is 11.4 Å². The van der Waals surface area contributed by atoms with E-state index in [4.69, 9.17) is 9.47 Å². The molecule has 0 unspecified atom stereocenters. The van der Waals surface area contributed by atoms with Crippen molar-refractivity contribution in [1.29, 1.82) is 0 Å². The average Bonchev–Trinajstić information content (AvgIpc) is 3.30. The molecule has 4 rings (SSSR count). The molecule has 0 radical (unpaired) electrons. The lowest BCUT2D eigenvalue weighted by Gasteiger charge is -2.21. The fourth-order valence-electron chi connectivity index (χ4n) is 3.55. The molecule has 1 atom stereocenters. The van der Waals surface area contributed by atoms with Gasteiger partial charge in [0.15, 0.2) is 0 Å². The maximum absolute atomic E-state index is 12.4. The topological polar surface area (TPSA) is 60.5 Å². The number of nitrogens with one attached hydrogen (secondary N) is 1. The summed E-state index contributed by atoms with van der Waals surface area (Å²) >= 11 is 1.65. The molecule has 2 aromatic heterocycles. The van der Waals surface area contributed by atoms with Crippen molar-refractivity contribution >= 4 is 28.2 Å². The van der Waals surface area contributed by atoms with Crippen molar-refractivity contribution in [1.82, 2.24) is 10.3 Å². The number of pyridine rings is 1. The van der Waals surface area contributed by atoms with Gasteiger partial charge in [-0.05, 0) is 67.6 Å². The Labute approximate surface area is 210 Å². The van der Waals surface area contributed by atoms with Crippen LogP contribution in [-0.4, -0.2) is 29.8 Å². The Morgan fingerprint density at radius 1 is 1.09 bits per heavy atom. The first kappa shape index (κ1) is 24.3. The van der Waals surface area contributed by atoms with Crippen LogP contribution in [0, 0.1) is 11.8 Å². The number of carbonyl (C=O) groups excluding carboxylic acids is 1. The Morgan fingerprint density at radius 3 is 2.63 bits per heavy atom. The van der Waals surface area contributed by atoms with E-state index < -0.39 is 17.7 Å². The smallest absolute Gasteiger partial charge is 0.408 e. The Balaban J connectivity index is 1.54. The molecule has 0 bridgehead atoms. The Morgan fingerprint density at radius 2 is 1.89 bits per heavy atom. The third-order valence-electron chi connectivity index (χ3n) is 5.21. The molecule has 0 saturated carbocycles. The molecule has 5 nitrogen and oxygen atoms in total. The second kappa shape index (κ2) is 10.6. The van der Waals surface area contributed by atoms with E-state index in [1.54, 1.807) is 24.6 Å². The number of alkyl carbamates (subject to hydrolysis) is 1. The van der Waals surface area contributed by atoms with Crippen LogP contribution in [0.4, 0.5) is 4.79 Å². The maximum atomic E-state index is 12.4. The van der Waals surface area contributed by atoms with E-state index in [9.17, 15) is 4.79 Å². The Kier molecular flexibility index (Phi) is 7.38. The van der Waals surface area contributed by atoms with E-state index in [0.29, 0.717) is 6.42 Å². The van der Waals surface area contributed by atoms with Gasteiger partial charge in [0, 0.05) is 40.0 Å². The standard InChI is InChI=1S/C29H28N2O3S/c1-29(2,3)34-28(32)31-25(15-20-6-11-26(33-4)12-7-20)10-5-21-16-27(35-19-21)23-8-9-24-18-30-14-13-22(24)17-23/h6-9,11-14,16-19,25H,15H2,1-4H3,(H,31,32)/t25-/m1/s1. The van der Waals surface area contributed by atoms with Crippen LogP contribution in [0.1, 0.15) is 31.9 Å². The number of amides is 1. The minimum absolute atomic E-state index is 0.408. The zero-order chi connectivity index (χ0) is 24.8. The maximum Gasteiger partial charge on any atom is 0.408 e. The molecule has 2 heterocycles. The highest BCUT2D eigenvalue weighted by Gasteiger charge is 2.19. The Hall–Kier alpha value is -3.82. The van der Waals surface area contributed by atoms with Crippen molar-refractivity contribution in [2.75, 3.05) is 7.11 Å². The summed E-state index contributed by atoms with van der Waals surface area (Å²) in [5, 5.41) is 7.22. The van der Waals surface area contributed by atoms with E-state index in [2.05, 4.69) is 46.4 Å².